The van der Waals surface area contributed by atoms with E-state index in [0.29, 0.717) is 17.9 Å². The van der Waals surface area contributed by atoms with Gasteiger partial charge in [0.1, 0.15) is 18.1 Å². The number of carboxylic acid groups (broad SMARTS) is 1. The predicted molar refractivity (Wildman–Crippen MR) is 130 cm³/mol. The molecule has 4 unspecified atom stereocenters. The van der Waals surface area contributed by atoms with Crippen LogP contribution in [0, 0.1) is 5.92 Å². The Balaban J connectivity index is 2.92. The van der Waals surface area contributed by atoms with Crippen LogP contribution >= 0.6 is 24.4 Å². The molecule has 1 rings (SSSR count). The topological polar surface area (TPSA) is 179 Å². The molecule has 0 radical (unpaired) electrons. The van der Waals surface area contributed by atoms with E-state index in [1.807, 2.05) is 20.1 Å². The van der Waals surface area contributed by atoms with Crippen molar-refractivity contribution in [2.24, 2.45) is 11.7 Å². The minimum Gasteiger partial charge on any atom is -0.480 e. The Labute approximate surface area is 203 Å². The highest BCUT2D eigenvalue weighted by Crippen LogP contribution is 2.06. The summed E-state index contributed by atoms with van der Waals surface area (Å²) < 4.78 is 0. The van der Waals surface area contributed by atoms with Crippen molar-refractivity contribution in [3.63, 3.8) is 0 Å². The van der Waals surface area contributed by atoms with Crippen molar-refractivity contribution in [2.45, 2.75) is 57.3 Å². The van der Waals surface area contributed by atoms with E-state index in [1.54, 1.807) is 0 Å². The van der Waals surface area contributed by atoms with E-state index in [0.717, 1.165) is 0 Å². The average molecular weight is 503 g/mol. The van der Waals surface area contributed by atoms with Crippen molar-refractivity contribution in [2.75, 3.05) is 17.8 Å². The lowest BCUT2D eigenvalue weighted by Crippen LogP contribution is -2.58. The summed E-state index contributed by atoms with van der Waals surface area (Å²) in [6.07, 6.45) is 5.49. The molecule has 33 heavy (non-hydrogen) atoms. The highest BCUT2D eigenvalue weighted by molar-refractivity contribution is 7.98. The first-order valence-corrected chi connectivity index (χ1v) is 12.6. The molecule has 11 nitrogen and oxygen atoms in total. The van der Waals surface area contributed by atoms with E-state index in [1.165, 1.54) is 24.3 Å². The number of carboxylic acids is 1. The fourth-order valence-electron chi connectivity index (χ4n) is 2.95. The summed E-state index contributed by atoms with van der Waals surface area (Å²) >= 11 is 5.60. The summed E-state index contributed by atoms with van der Waals surface area (Å²) in [6, 6.07) is -4.00. The number of hydrogen-bond acceptors (Lipinski definition) is 8. The van der Waals surface area contributed by atoms with Gasteiger partial charge in [-0.2, -0.15) is 24.4 Å². The summed E-state index contributed by atoms with van der Waals surface area (Å²) in [5.74, 6) is -2.23. The quantitative estimate of drug-likeness (QED) is 0.158. The zero-order chi connectivity index (χ0) is 25.0. The number of carbonyl (C=O) groups is 4. The van der Waals surface area contributed by atoms with Gasteiger partial charge in [-0.15, -0.1) is 0 Å². The second-order valence-electron chi connectivity index (χ2n) is 8.00. The lowest BCUT2D eigenvalue weighted by Gasteiger charge is -2.24. The van der Waals surface area contributed by atoms with Crippen LogP contribution in [-0.2, 0) is 25.6 Å². The van der Waals surface area contributed by atoms with Crippen molar-refractivity contribution < 1.29 is 24.3 Å². The van der Waals surface area contributed by atoms with Crippen molar-refractivity contribution in [3.05, 3.63) is 18.2 Å². The number of rotatable bonds is 15. The van der Waals surface area contributed by atoms with Crippen molar-refractivity contribution in [3.8, 4) is 0 Å². The highest BCUT2D eigenvalue weighted by atomic mass is 32.2. The normalized spacial score (nSPS) is 14.7. The SMILES string of the molecule is CSCCC(NC(=O)C(Cc1cnc[nH]1)NC(=O)C(CS)NC(=O)C(N)CC(C)C)C(=O)O. The maximum absolute atomic E-state index is 12.9. The van der Waals surface area contributed by atoms with Crippen LogP contribution < -0.4 is 21.7 Å². The van der Waals surface area contributed by atoms with Gasteiger partial charge in [0.25, 0.3) is 0 Å². The number of thioether (sulfide) groups is 1. The van der Waals surface area contributed by atoms with Gasteiger partial charge in [-0.25, -0.2) is 9.78 Å². The molecule has 13 heteroatoms. The van der Waals surface area contributed by atoms with Gasteiger partial charge in [0.15, 0.2) is 0 Å². The highest BCUT2D eigenvalue weighted by Gasteiger charge is 2.30. The van der Waals surface area contributed by atoms with Crippen LogP contribution in [0.1, 0.15) is 32.4 Å². The molecule has 0 saturated carbocycles. The number of nitrogens with zero attached hydrogens (tertiary/aromatic N) is 1. The second-order valence-corrected chi connectivity index (χ2v) is 9.35. The molecule has 7 N–H and O–H groups in total. The molecule has 0 aromatic carbocycles. The van der Waals surface area contributed by atoms with Gasteiger partial charge in [0.2, 0.25) is 17.7 Å². The first kappa shape index (κ1) is 28.8. The van der Waals surface area contributed by atoms with Crippen LogP contribution in [0.25, 0.3) is 0 Å². The smallest absolute Gasteiger partial charge is 0.326 e. The molecule has 3 amide bonds. The van der Waals surface area contributed by atoms with Crippen molar-refractivity contribution in [1.29, 1.82) is 0 Å². The summed E-state index contributed by atoms with van der Waals surface area (Å²) in [6.45, 7) is 3.86. The molecule has 0 aliphatic heterocycles. The van der Waals surface area contributed by atoms with Gasteiger partial charge in [0.05, 0.1) is 12.4 Å². The van der Waals surface area contributed by atoms with E-state index in [9.17, 15) is 24.3 Å². The van der Waals surface area contributed by atoms with Gasteiger partial charge >= 0.3 is 5.97 Å². The summed E-state index contributed by atoms with van der Waals surface area (Å²) in [4.78, 5) is 56.3. The molecular weight excluding hydrogens is 468 g/mol. The standard InChI is InChI=1S/C20H34N6O5S2/c1-11(2)6-13(21)17(27)26-16(9-32)19(29)25-15(7-12-8-22-10-23-12)18(28)24-14(20(30)31)4-5-33-3/h8,10-11,13-16,32H,4-7,9,21H2,1-3H3,(H,22,23)(H,24,28)(H,25,29)(H,26,27)(H,30,31). The van der Waals surface area contributed by atoms with Gasteiger partial charge in [-0.3, -0.25) is 14.4 Å². The van der Waals surface area contributed by atoms with Gasteiger partial charge in [0, 0.05) is 24.1 Å². The molecule has 1 heterocycles. The molecule has 0 spiro atoms. The van der Waals surface area contributed by atoms with E-state index < -0.39 is 47.9 Å². The van der Waals surface area contributed by atoms with Gasteiger partial charge in [-0.05, 0) is 30.8 Å². The number of amides is 3. The summed E-state index contributed by atoms with van der Waals surface area (Å²) in [5.41, 5.74) is 6.45. The fourth-order valence-corrected chi connectivity index (χ4v) is 3.68. The number of hydrogen-bond donors (Lipinski definition) is 7. The lowest BCUT2D eigenvalue weighted by atomic mass is 10.0. The number of nitrogens with one attached hydrogen (secondary N) is 4. The molecule has 0 fully saturated rings. The first-order chi connectivity index (χ1) is 15.6. The Bertz CT molecular complexity index is 777. The number of H-pyrrole nitrogens is 1. The summed E-state index contributed by atoms with van der Waals surface area (Å²) in [7, 11) is 0. The van der Waals surface area contributed by atoms with Crippen LogP contribution in [0.2, 0.25) is 0 Å². The third-order valence-electron chi connectivity index (χ3n) is 4.71. The number of carbonyl (C=O) groups excluding carboxylic acids is 3. The number of aromatic amines is 1. The third kappa shape index (κ3) is 10.5. The Morgan fingerprint density at radius 2 is 1.73 bits per heavy atom. The minimum absolute atomic E-state index is 0.0180. The van der Waals surface area contributed by atoms with E-state index in [-0.39, 0.29) is 24.5 Å². The Morgan fingerprint density at radius 1 is 1.12 bits per heavy atom. The zero-order valence-corrected chi connectivity index (χ0v) is 20.7. The van der Waals surface area contributed by atoms with E-state index in [4.69, 9.17) is 5.73 Å². The number of thiol groups is 1. The number of aliphatic carboxylic acids is 1. The maximum Gasteiger partial charge on any atom is 0.326 e. The third-order valence-corrected chi connectivity index (χ3v) is 5.72. The zero-order valence-electron chi connectivity index (χ0n) is 19.0. The van der Waals surface area contributed by atoms with Gasteiger partial charge in [-0.1, -0.05) is 13.8 Å². The maximum atomic E-state index is 12.9. The Morgan fingerprint density at radius 3 is 2.24 bits per heavy atom. The van der Waals surface area contributed by atoms with E-state index >= 15 is 0 Å². The predicted octanol–water partition coefficient (Wildman–Crippen LogP) is -0.452. The van der Waals surface area contributed by atoms with Gasteiger partial charge < -0.3 is 31.8 Å². The molecule has 186 valence electrons. The van der Waals surface area contributed by atoms with Crippen molar-refractivity contribution in [1.82, 2.24) is 25.9 Å². The lowest BCUT2D eigenvalue weighted by molar-refractivity contribution is -0.142. The molecule has 0 aliphatic rings. The largest absolute Gasteiger partial charge is 0.480 e. The Kier molecular flexibility index (Phi) is 12.9. The number of imidazole rings is 1. The van der Waals surface area contributed by atoms with Crippen LogP contribution in [0.15, 0.2) is 12.5 Å². The number of aromatic nitrogens is 2. The first-order valence-electron chi connectivity index (χ1n) is 10.6. The van der Waals surface area contributed by atoms with Crippen LogP contribution in [-0.4, -0.2) is 80.7 Å². The molecule has 0 bridgehead atoms. The van der Waals surface area contributed by atoms with Crippen molar-refractivity contribution >= 4 is 48.1 Å². The monoisotopic (exact) mass is 502 g/mol. The minimum atomic E-state index is -1.16. The Hall–Kier alpha value is -2.25. The summed E-state index contributed by atoms with van der Waals surface area (Å²) in [5, 5.41) is 17.0. The molecule has 1 aromatic rings. The molecule has 0 aliphatic carbocycles. The molecule has 4 atom stereocenters. The second kappa shape index (κ2) is 14.8. The van der Waals surface area contributed by atoms with Crippen LogP contribution in [0.3, 0.4) is 0 Å². The average Bonchev–Trinajstić information content (AvgIpc) is 3.26. The molecular formula is C20H34N6O5S2. The van der Waals surface area contributed by atoms with Crippen LogP contribution in [0.5, 0.6) is 0 Å². The van der Waals surface area contributed by atoms with Crippen LogP contribution in [0.4, 0.5) is 0 Å². The van der Waals surface area contributed by atoms with E-state index in [2.05, 4.69) is 38.5 Å². The number of nitrogens with two attached hydrogens (primary N) is 1. The molecule has 0 saturated heterocycles. The fraction of sp³-hybridized carbons (Fsp3) is 0.650. The molecule has 1 aromatic heterocycles.